The number of hydrogen-bond acceptors (Lipinski definition) is 2. The third-order valence-corrected chi connectivity index (χ3v) is 3.13. The number of carbonyl (C=O) groups is 1. The van der Waals surface area contributed by atoms with Crippen LogP contribution >= 0.6 is 15.9 Å². The molecule has 0 N–H and O–H groups in total. The molecule has 3 heteroatoms. The highest BCUT2D eigenvalue weighted by molar-refractivity contribution is 9.09. The van der Waals surface area contributed by atoms with Crippen LogP contribution in [0.5, 0.6) is 0 Å². The molecule has 0 aromatic rings. The second kappa shape index (κ2) is 13.0. The zero-order valence-corrected chi connectivity index (χ0v) is 12.1. The van der Waals surface area contributed by atoms with Gasteiger partial charge in [-0.3, -0.25) is 4.79 Å². The first-order chi connectivity index (χ1) is 7.81. The van der Waals surface area contributed by atoms with Crippen LogP contribution in [0.4, 0.5) is 0 Å². The first kappa shape index (κ1) is 16.0. The fourth-order valence-electron chi connectivity index (χ4n) is 1.66. The average molecular weight is 293 g/mol. The number of unbranched alkanes of at least 4 members (excludes halogenated alkanes) is 7. The number of alkyl halides is 1. The number of ether oxygens (including phenoxy) is 1. The van der Waals surface area contributed by atoms with Crippen LogP contribution in [-0.4, -0.2) is 17.9 Å². The molecule has 16 heavy (non-hydrogen) atoms. The summed E-state index contributed by atoms with van der Waals surface area (Å²) in [5.74, 6) is -0.0418. The Labute approximate surface area is 108 Å². The topological polar surface area (TPSA) is 26.3 Å². The molecule has 0 atom stereocenters. The van der Waals surface area contributed by atoms with Crippen molar-refractivity contribution >= 4 is 21.9 Å². The van der Waals surface area contributed by atoms with Gasteiger partial charge in [0.05, 0.1) is 6.61 Å². The molecule has 0 saturated heterocycles. The predicted molar refractivity (Wildman–Crippen MR) is 72.0 cm³/mol. The van der Waals surface area contributed by atoms with Crippen LogP contribution in [0.3, 0.4) is 0 Å². The lowest BCUT2D eigenvalue weighted by Crippen LogP contribution is -2.03. The van der Waals surface area contributed by atoms with Gasteiger partial charge in [0.15, 0.2) is 0 Å². The average Bonchev–Trinajstić information content (AvgIpc) is 2.27. The van der Waals surface area contributed by atoms with E-state index in [4.69, 9.17) is 4.74 Å². The van der Waals surface area contributed by atoms with Crippen molar-refractivity contribution in [1.29, 1.82) is 0 Å². The summed E-state index contributed by atoms with van der Waals surface area (Å²) in [5.41, 5.74) is 0. The third-order valence-electron chi connectivity index (χ3n) is 2.57. The van der Waals surface area contributed by atoms with Crippen molar-refractivity contribution in [2.75, 3.05) is 11.9 Å². The Kier molecular flexibility index (Phi) is 13.0. The van der Waals surface area contributed by atoms with Gasteiger partial charge in [-0.2, -0.15) is 0 Å². The van der Waals surface area contributed by atoms with Gasteiger partial charge in [-0.05, 0) is 19.8 Å². The van der Waals surface area contributed by atoms with Crippen molar-refractivity contribution in [3.8, 4) is 0 Å². The van der Waals surface area contributed by atoms with Crippen LogP contribution in [-0.2, 0) is 9.53 Å². The second-order valence-electron chi connectivity index (χ2n) is 4.07. The molecule has 2 nitrogen and oxygen atoms in total. The molecule has 0 bridgehead atoms. The van der Waals surface area contributed by atoms with E-state index in [0.29, 0.717) is 13.0 Å². The van der Waals surface area contributed by atoms with Gasteiger partial charge < -0.3 is 4.74 Å². The molecule has 0 amide bonds. The van der Waals surface area contributed by atoms with E-state index in [9.17, 15) is 4.79 Å². The quantitative estimate of drug-likeness (QED) is 0.319. The number of hydrogen-bond donors (Lipinski definition) is 0. The summed E-state index contributed by atoms with van der Waals surface area (Å²) >= 11 is 3.44. The number of esters is 1. The van der Waals surface area contributed by atoms with E-state index >= 15 is 0 Å². The van der Waals surface area contributed by atoms with Crippen molar-refractivity contribution in [3.63, 3.8) is 0 Å². The van der Waals surface area contributed by atoms with E-state index in [0.717, 1.165) is 18.2 Å². The lowest BCUT2D eigenvalue weighted by atomic mass is 10.1. The second-order valence-corrected chi connectivity index (χ2v) is 4.87. The fourth-order valence-corrected chi connectivity index (χ4v) is 2.05. The van der Waals surface area contributed by atoms with E-state index < -0.39 is 0 Å². The largest absolute Gasteiger partial charge is 0.466 e. The van der Waals surface area contributed by atoms with Crippen molar-refractivity contribution < 1.29 is 9.53 Å². The van der Waals surface area contributed by atoms with Gasteiger partial charge in [-0.15, -0.1) is 0 Å². The predicted octanol–water partition coefficient (Wildman–Crippen LogP) is 4.46. The molecule has 0 fully saturated rings. The number of carbonyl (C=O) groups excluding carboxylic acids is 1. The van der Waals surface area contributed by atoms with E-state index in [2.05, 4.69) is 15.9 Å². The minimum absolute atomic E-state index is 0.0418. The molecule has 0 aliphatic carbocycles. The Hall–Kier alpha value is -0.0500. The summed E-state index contributed by atoms with van der Waals surface area (Å²) in [6, 6.07) is 0. The zero-order valence-electron chi connectivity index (χ0n) is 10.5. The van der Waals surface area contributed by atoms with Crippen LogP contribution in [0.2, 0.25) is 0 Å². The highest BCUT2D eigenvalue weighted by Crippen LogP contribution is 2.10. The lowest BCUT2D eigenvalue weighted by molar-refractivity contribution is -0.143. The lowest BCUT2D eigenvalue weighted by Gasteiger charge is -2.02. The highest BCUT2D eigenvalue weighted by atomic mass is 79.9. The van der Waals surface area contributed by atoms with Crippen molar-refractivity contribution in [2.24, 2.45) is 0 Å². The standard InChI is InChI=1S/C13H25BrO2/c1-2-16-13(15)11-9-7-5-3-4-6-8-10-12-14/h2-12H2,1H3. The van der Waals surface area contributed by atoms with Crippen LogP contribution < -0.4 is 0 Å². The number of rotatable bonds is 11. The van der Waals surface area contributed by atoms with Gasteiger partial charge in [0.2, 0.25) is 0 Å². The minimum Gasteiger partial charge on any atom is -0.466 e. The third kappa shape index (κ3) is 12.0. The summed E-state index contributed by atoms with van der Waals surface area (Å²) in [7, 11) is 0. The molecule has 0 aromatic carbocycles. The summed E-state index contributed by atoms with van der Waals surface area (Å²) in [6.07, 6.45) is 10.6. The normalized spacial score (nSPS) is 10.4. The fraction of sp³-hybridized carbons (Fsp3) is 0.923. The van der Waals surface area contributed by atoms with Crippen LogP contribution in [0.25, 0.3) is 0 Å². The maximum Gasteiger partial charge on any atom is 0.305 e. The molecular formula is C13H25BrO2. The van der Waals surface area contributed by atoms with Gasteiger partial charge in [0, 0.05) is 11.8 Å². The molecule has 0 rings (SSSR count). The Morgan fingerprint density at radius 3 is 1.94 bits per heavy atom. The van der Waals surface area contributed by atoms with E-state index in [-0.39, 0.29) is 5.97 Å². The van der Waals surface area contributed by atoms with Gasteiger partial charge in [-0.25, -0.2) is 0 Å². The Balaban J connectivity index is 3.01. The van der Waals surface area contributed by atoms with Crippen molar-refractivity contribution in [3.05, 3.63) is 0 Å². The van der Waals surface area contributed by atoms with E-state index in [1.54, 1.807) is 0 Å². The van der Waals surface area contributed by atoms with Crippen molar-refractivity contribution in [2.45, 2.75) is 64.7 Å². The summed E-state index contributed by atoms with van der Waals surface area (Å²) in [4.78, 5) is 11.0. The van der Waals surface area contributed by atoms with Crippen LogP contribution in [0, 0.1) is 0 Å². The smallest absolute Gasteiger partial charge is 0.305 e. The van der Waals surface area contributed by atoms with Crippen LogP contribution in [0.15, 0.2) is 0 Å². The zero-order chi connectivity index (χ0) is 12.1. The SMILES string of the molecule is CCOC(=O)CCCCCCCCCCBr. The number of halogens is 1. The van der Waals surface area contributed by atoms with Crippen LogP contribution in [0.1, 0.15) is 64.7 Å². The summed E-state index contributed by atoms with van der Waals surface area (Å²) in [5, 5.41) is 1.13. The molecule has 0 aliphatic heterocycles. The molecule has 0 radical (unpaired) electrons. The Morgan fingerprint density at radius 1 is 0.938 bits per heavy atom. The van der Waals surface area contributed by atoms with Crippen molar-refractivity contribution in [1.82, 2.24) is 0 Å². The van der Waals surface area contributed by atoms with E-state index in [1.807, 2.05) is 6.92 Å². The molecule has 0 spiro atoms. The molecule has 0 aliphatic rings. The Morgan fingerprint density at radius 2 is 1.44 bits per heavy atom. The van der Waals surface area contributed by atoms with Gasteiger partial charge in [0.25, 0.3) is 0 Å². The Bertz CT molecular complexity index is 160. The molecule has 0 saturated carbocycles. The monoisotopic (exact) mass is 292 g/mol. The van der Waals surface area contributed by atoms with Gasteiger partial charge in [-0.1, -0.05) is 54.5 Å². The maximum atomic E-state index is 11.0. The molecule has 0 unspecified atom stereocenters. The first-order valence-electron chi connectivity index (χ1n) is 6.52. The van der Waals surface area contributed by atoms with Gasteiger partial charge >= 0.3 is 5.97 Å². The first-order valence-corrected chi connectivity index (χ1v) is 7.65. The molecule has 0 heterocycles. The van der Waals surface area contributed by atoms with Gasteiger partial charge in [0.1, 0.15) is 0 Å². The minimum atomic E-state index is -0.0418. The molecule has 96 valence electrons. The highest BCUT2D eigenvalue weighted by Gasteiger charge is 2.00. The summed E-state index contributed by atoms with van der Waals surface area (Å²) < 4.78 is 4.87. The maximum absolute atomic E-state index is 11.0. The molecule has 0 aromatic heterocycles. The summed E-state index contributed by atoms with van der Waals surface area (Å²) in [6.45, 7) is 2.36. The van der Waals surface area contributed by atoms with E-state index in [1.165, 1.54) is 38.5 Å². The molecular weight excluding hydrogens is 268 g/mol.